The fraction of sp³-hybridized carbons (Fsp3) is 0.389. The molecule has 1 aliphatic rings. The Balaban J connectivity index is 1.65. The monoisotopic (exact) mass is 315 g/mol. The van der Waals surface area contributed by atoms with Gasteiger partial charge in [0, 0.05) is 37.2 Å². The van der Waals surface area contributed by atoms with Gasteiger partial charge in [-0.05, 0) is 49.6 Å². The SMILES string of the molecule is Cc1cc(NCc2ccc(N3CCC(O)CC3)c(F)c2)ccn1. The molecule has 3 rings (SSSR count). The third kappa shape index (κ3) is 3.99. The molecule has 1 fully saturated rings. The van der Waals surface area contributed by atoms with Crippen LogP contribution < -0.4 is 10.2 Å². The van der Waals surface area contributed by atoms with E-state index in [-0.39, 0.29) is 11.9 Å². The molecule has 0 bridgehead atoms. The van der Waals surface area contributed by atoms with Crippen molar-refractivity contribution in [1.82, 2.24) is 4.98 Å². The predicted molar refractivity (Wildman–Crippen MR) is 90.2 cm³/mol. The van der Waals surface area contributed by atoms with Crippen molar-refractivity contribution in [3.8, 4) is 0 Å². The molecule has 5 heteroatoms. The number of anilines is 2. The second kappa shape index (κ2) is 6.96. The Morgan fingerprint density at radius 3 is 2.74 bits per heavy atom. The third-order valence-electron chi connectivity index (χ3n) is 4.21. The number of halogens is 1. The number of rotatable bonds is 4. The molecule has 23 heavy (non-hydrogen) atoms. The summed E-state index contributed by atoms with van der Waals surface area (Å²) >= 11 is 0. The number of nitrogens with zero attached hydrogens (tertiary/aromatic N) is 2. The number of pyridine rings is 1. The van der Waals surface area contributed by atoms with Crippen LogP contribution in [0.15, 0.2) is 36.5 Å². The van der Waals surface area contributed by atoms with Gasteiger partial charge in [0.25, 0.3) is 0 Å². The summed E-state index contributed by atoms with van der Waals surface area (Å²) in [6, 6.07) is 9.23. The van der Waals surface area contributed by atoms with E-state index in [9.17, 15) is 9.50 Å². The Morgan fingerprint density at radius 2 is 2.04 bits per heavy atom. The van der Waals surface area contributed by atoms with Crippen LogP contribution in [0.5, 0.6) is 0 Å². The van der Waals surface area contributed by atoms with Gasteiger partial charge in [-0.25, -0.2) is 4.39 Å². The fourth-order valence-electron chi connectivity index (χ4n) is 2.88. The van der Waals surface area contributed by atoms with Crippen molar-refractivity contribution in [3.05, 3.63) is 53.6 Å². The smallest absolute Gasteiger partial charge is 0.146 e. The molecule has 2 heterocycles. The lowest BCUT2D eigenvalue weighted by Gasteiger charge is -2.31. The zero-order valence-electron chi connectivity index (χ0n) is 13.3. The van der Waals surface area contributed by atoms with Crippen LogP contribution in [0.1, 0.15) is 24.1 Å². The maximum absolute atomic E-state index is 14.4. The van der Waals surface area contributed by atoms with E-state index in [1.165, 1.54) is 0 Å². The molecule has 0 spiro atoms. The molecule has 1 aromatic heterocycles. The van der Waals surface area contributed by atoms with Crippen LogP contribution in [0.4, 0.5) is 15.8 Å². The van der Waals surface area contributed by atoms with Crippen molar-refractivity contribution in [2.24, 2.45) is 0 Å². The molecule has 0 amide bonds. The molecule has 0 unspecified atom stereocenters. The van der Waals surface area contributed by atoms with E-state index in [2.05, 4.69) is 10.3 Å². The van der Waals surface area contributed by atoms with Crippen molar-refractivity contribution in [1.29, 1.82) is 0 Å². The van der Waals surface area contributed by atoms with Gasteiger partial charge < -0.3 is 15.3 Å². The van der Waals surface area contributed by atoms with Gasteiger partial charge in [0.15, 0.2) is 0 Å². The Morgan fingerprint density at radius 1 is 1.26 bits per heavy atom. The van der Waals surface area contributed by atoms with Crippen molar-refractivity contribution in [2.45, 2.75) is 32.4 Å². The maximum atomic E-state index is 14.4. The average Bonchev–Trinajstić information content (AvgIpc) is 2.54. The summed E-state index contributed by atoms with van der Waals surface area (Å²) in [5.41, 5.74) is 3.45. The lowest BCUT2D eigenvalue weighted by molar-refractivity contribution is 0.145. The highest BCUT2D eigenvalue weighted by Gasteiger charge is 2.19. The summed E-state index contributed by atoms with van der Waals surface area (Å²) in [5, 5.41) is 12.8. The topological polar surface area (TPSA) is 48.4 Å². The molecule has 2 N–H and O–H groups in total. The summed E-state index contributed by atoms with van der Waals surface area (Å²) in [6.07, 6.45) is 2.90. The zero-order valence-corrected chi connectivity index (χ0v) is 13.3. The fourth-order valence-corrected chi connectivity index (χ4v) is 2.88. The van der Waals surface area contributed by atoms with E-state index < -0.39 is 0 Å². The molecule has 0 saturated carbocycles. The molecule has 1 aliphatic heterocycles. The standard InChI is InChI=1S/C18H22FN3O/c1-13-10-15(4-7-20-13)21-12-14-2-3-18(17(19)11-14)22-8-5-16(23)6-9-22/h2-4,7,10-11,16,23H,5-6,8-9,12H2,1H3,(H,20,21). The molecule has 0 aliphatic carbocycles. The van der Waals surface area contributed by atoms with Crippen LogP contribution in [-0.4, -0.2) is 29.3 Å². The first-order chi connectivity index (χ1) is 11.1. The van der Waals surface area contributed by atoms with Crippen molar-refractivity contribution in [3.63, 3.8) is 0 Å². The number of aliphatic hydroxyl groups excluding tert-OH is 1. The maximum Gasteiger partial charge on any atom is 0.146 e. The first-order valence-electron chi connectivity index (χ1n) is 8.00. The van der Waals surface area contributed by atoms with E-state index in [0.717, 1.165) is 16.9 Å². The van der Waals surface area contributed by atoms with Gasteiger partial charge in [0.05, 0.1) is 11.8 Å². The first-order valence-corrected chi connectivity index (χ1v) is 8.00. The Labute approximate surface area is 136 Å². The minimum Gasteiger partial charge on any atom is -0.393 e. The minimum atomic E-state index is -0.249. The van der Waals surface area contributed by atoms with E-state index in [1.54, 1.807) is 12.3 Å². The lowest BCUT2D eigenvalue weighted by atomic mass is 10.1. The van der Waals surface area contributed by atoms with Crippen LogP contribution in [0.25, 0.3) is 0 Å². The Bertz CT molecular complexity index is 669. The number of aliphatic hydroxyl groups is 1. The summed E-state index contributed by atoms with van der Waals surface area (Å²) < 4.78 is 14.4. The number of nitrogens with one attached hydrogen (secondary N) is 1. The summed E-state index contributed by atoms with van der Waals surface area (Å²) in [7, 11) is 0. The molecule has 1 aromatic carbocycles. The zero-order chi connectivity index (χ0) is 16.2. The van der Waals surface area contributed by atoms with Gasteiger partial charge >= 0.3 is 0 Å². The van der Waals surface area contributed by atoms with E-state index >= 15 is 0 Å². The highest BCUT2D eigenvalue weighted by molar-refractivity contribution is 5.50. The van der Waals surface area contributed by atoms with Gasteiger partial charge in [-0.1, -0.05) is 6.07 Å². The quantitative estimate of drug-likeness (QED) is 0.910. The van der Waals surface area contributed by atoms with Crippen LogP contribution in [-0.2, 0) is 6.54 Å². The van der Waals surface area contributed by atoms with Crippen LogP contribution in [0, 0.1) is 12.7 Å². The van der Waals surface area contributed by atoms with Gasteiger partial charge in [-0.2, -0.15) is 0 Å². The lowest BCUT2D eigenvalue weighted by Crippen LogP contribution is -2.36. The molecule has 0 atom stereocenters. The molecular weight excluding hydrogens is 293 g/mol. The van der Waals surface area contributed by atoms with Gasteiger partial charge in [-0.3, -0.25) is 4.98 Å². The Kier molecular flexibility index (Phi) is 4.76. The van der Waals surface area contributed by atoms with Crippen molar-refractivity contribution >= 4 is 11.4 Å². The highest BCUT2D eigenvalue weighted by atomic mass is 19.1. The number of aryl methyl sites for hydroxylation is 1. The average molecular weight is 315 g/mol. The molecule has 122 valence electrons. The normalized spacial score (nSPS) is 15.7. The highest BCUT2D eigenvalue weighted by Crippen LogP contribution is 2.24. The van der Waals surface area contributed by atoms with Crippen molar-refractivity contribution in [2.75, 3.05) is 23.3 Å². The molecular formula is C18H22FN3O. The second-order valence-corrected chi connectivity index (χ2v) is 6.04. The molecule has 0 radical (unpaired) electrons. The number of piperidine rings is 1. The second-order valence-electron chi connectivity index (χ2n) is 6.04. The summed E-state index contributed by atoms with van der Waals surface area (Å²) in [6.45, 7) is 3.91. The predicted octanol–water partition coefficient (Wildman–Crippen LogP) is 3.10. The Hall–Kier alpha value is -2.14. The van der Waals surface area contributed by atoms with E-state index in [0.29, 0.717) is 38.2 Å². The third-order valence-corrected chi connectivity index (χ3v) is 4.21. The molecule has 4 nitrogen and oxygen atoms in total. The van der Waals surface area contributed by atoms with Crippen LogP contribution in [0.2, 0.25) is 0 Å². The number of benzene rings is 1. The van der Waals surface area contributed by atoms with Crippen molar-refractivity contribution < 1.29 is 9.50 Å². The first kappa shape index (κ1) is 15.7. The summed E-state index contributed by atoms with van der Waals surface area (Å²) in [5.74, 6) is -0.202. The number of hydrogen-bond donors (Lipinski definition) is 2. The van der Waals surface area contributed by atoms with Crippen LogP contribution >= 0.6 is 0 Å². The van der Waals surface area contributed by atoms with E-state index in [4.69, 9.17) is 0 Å². The largest absolute Gasteiger partial charge is 0.393 e. The molecule has 2 aromatic rings. The van der Waals surface area contributed by atoms with Gasteiger partial charge in [0.1, 0.15) is 5.82 Å². The van der Waals surface area contributed by atoms with E-state index in [1.807, 2.05) is 36.1 Å². The van der Waals surface area contributed by atoms with Crippen LogP contribution in [0.3, 0.4) is 0 Å². The number of aromatic nitrogens is 1. The van der Waals surface area contributed by atoms with Gasteiger partial charge in [0.2, 0.25) is 0 Å². The minimum absolute atomic E-state index is 0.202. The summed E-state index contributed by atoms with van der Waals surface area (Å²) in [4.78, 5) is 6.16. The van der Waals surface area contributed by atoms with Gasteiger partial charge in [-0.15, -0.1) is 0 Å². The molecule has 1 saturated heterocycles. The number of hydrogen-bond acceptors (Lipinski definition) is 4.